The molecule has 1 saturated heterocycles. The second-order valence-electron chi connectivity index (χ2n) is 11.3. The second kappa shape index (κ2) is 13.8. The highest BCUT2D eigenvalue weighted by Crippen LogP contribution is 2.44. The van der Waals surface area contributed by atoms with Crippen LogP contribution in [0.3, 0.4) is 0 Å². The van der Waals surface area contributed by atoms with Crippen LogP contribution in [-0.4, -0.2) is 27.0 Å². The molecule has 0 spiro atoms. The first-order chi connectivity index (χ1) is 23.4. The van der Waals surface area contributed by atoms with Crippen molar-refractivity contribution in [3.8, 4) is 5.75 Å². The first kappa shape index (κ1) is 31.8. The van der Waals surface area contributed by atoms with Crippen molar-refractivity contribution in [2.75, 3.05) is 4.90 Å². The zero-order valence-electron chi connectivity index (χ0n) is 25.7. The molecule has 7 nitrogen and oxygen atoms in total. The smallest absolute Gasteiger partial charge is 0.301 e. The molecule has 2 heterocycles. The number of aliphatic hydroxyl groups is 1. The zero-order valence-corrected chi connectivity index (χ0v) is 28.9. The van der Waals surface area contributed by atoms with Gasteiger partial charge in [-0.05, 0) is 70.8 Å². The maximum absolute atomic E-state index is 13.7. The summed E-state index contributed by atoms with van der Waals surface area (Å²) in [6.45, 7) is 2.42. The number of rotatable bonds is 9. The van der Waals surface area contributed by atoms with Crippen molar-refractivity contribution in [3.05, 3.63) is 153 Å². The van der Waals surface area contributed by atoms with E-state index in [9.17, 15) is 14.7 Å². The monoisotopic (exact) mass is 733 g/mol. The molecule has 1 unspecified atom stereocenters. The summed E-state index contributed by atoms with van der Waals surface area (Å²) in [6.07, 6.45) is 0. The minimum atomic E-state index is -0.913. The van der Waals surface area contributed by atoms with Crippen LogP contribution in [-0.2, 0) is 21.9 Å². The summed E-state index contributed by atoms with van der Waals surface area (Å²) < 4.78 is 7.38. The Labute approximate surface area is 294 Å². The lowest BCUT2D eigenvalue weighted by Gasteiger charge is -2.22. The normalized spacial score (nSPS) is 15.7. The van der Waals surface area contributed by atoms with Crippen LogP contribution in [0.2, 0.25) is 0 Å². The van der Waals surface area contributed by atoms with E-state index in [0.717, 1.165) is 26.5 Å². The van der Waals surface area contributed by atoms with E-state index in [1.54, 1.807) is 24.3 Å². The Morgan fingerprint density at radius 2 is 1.69 bits per heavy atom. The Morgan fingerprint density at radius 3 is 2.50 bits per heavy atom. The van der Waals surface area contributed by atoms with Crippen molar-refractivity contribution < 1.29 is 19.4 Å². The summed E-state index contributed by atoms with van der Waals surface area (Å²) in [5.41, 5.74) is 4.37. The molecule has 0 bridgehead atoms. The molecule has 238 valence electrons. The number of ether oxygens (including phenoxy) is 1. The Hall–Kier alpha value is -4.77. The molecule has 7 rings (SSSR count). The molecule has 1 fully saturated rings. The third kappa shape index (κ3) is 6.51. The summed E-state index contributed by atoms with van der Waals surface area (Å²) in [4.78, 5) is 28.7. The van der Waals surface area contributed by atoms with Crippen molar-refractivity contribution in [1.82, 2.24) is 10.2 Å². The van der Waals surface area contributed by atoms with E-state index in [4.69, 9.17) is 4.74 Å². The Balaban J connectivity index is 1.18. The van der Waals surface area contributed by atoms with Crippen LogP contribution in [0, 0.1) is 6.92 Å². The molecule has 48 heavy (non-hydrogen) atoms. The first-order valence-electron chi connectivity index (χ1n) is 15.1. The highest BCUT2D eigenvalue weighted by molar-refractivity contribution is 9.10. The van der Waals surface area contributed by atoms with Crippen molar-refractivity contribution in [2.24, 2.45) is 0 Å². The van der Waals surface area contributed by atoms with Gasteiger partial charge in [0.05, 0.1) is 11.6 Å². The quantitative estimate of drug-likeness (QED) is 0.0521. The van der Waals surface area contributed by atoms with Gasteiger partial charge >= 0.3 is 5.91 Å². The van der Waals surface area contributed by atoms with Crippen LogP contribution in [0.15, 0.2) is 130 Å². The summed E-state index contributed by atoms with van der Waals surface area (Å²) in [6, 6.07) is 35.8. The van der Waals surface area contributed by atoms with Gasteiger partial charge in [-0.1, -0.05) is 123 Å². The second-order valence-corrected chi connectivity index (χ2v) is 14.4. The van der Waals surface area contributed by atoms with Crippen molar-refractivity contribution in [3.63, 3.8) is 0 Å². The predicted molar refractivity (Wildman–Crippen MR) is 194 cm³/mol. The van der Waals surface area contributed by atoms with Crippen molar-refractivity contribution in [1.29, 1.82) is 0 Å². The molecule has 1 aliphatic rings. The van der Waals surface area contributed by atoms with E-state index >= 15 is 0 Å². The highest BCUT2D eigenvalue weighted by atomic mass is 79.9. The van der Waals surface area contributed by atoms with Gasteiger partial charge in [0.1, 0.15) is 18.1 Å². The van der Waals surface area contributed by atoms with Gasteiger partial charge in [0.25, 0.3) is 5.78 Å². The molecule has 1 atom stereocenters. The molecule has 0 aliphatic carbocycles. The van der Waals surface area contributed by atoms with Gasteiger partial charge in [-0.2, -0.15) is 0 Å². The SMILES string of the molecule is Cc1cccc(COc2ccc(/C(O)=C3\C(=O)C(=O)N(c4nnc(SCc5cccc6ccccc56)s4)C3c3cccc(Br)c3)cc2)c1. The third-order valence-corrected chi connectivity index (χ3v) is 10.7. The number of aliphatic hydroxyl groups excluding tert-OH is 1. The van der Waals surface area contributed by atoms with Crippen LogP contribution >= 0.6 is 39.0 Å². The number of benzene rings is 5. The fraction of sp³-hybridized carbons (Fsp3) is 0.105. The summed E-state index contributed by atoms with van der Waals surface area (Å²) >= 11 is 6.27. The molecule has 0 saturated carbocycles. The number of carbonyl (C=O) groups is 2. The number of aryl methyl sites for hydroxylation is 1. The number of nitrogens with zero attached hydrogens (tertiary/aromatic N) is 3. The Morgan fingerprint density at radius 1 is 0.917 bits per heavy atom. The fourth-order valence-corrected chi connectivity index (χ4v) is 8.06. The molecule has 0 radical (unpaired) electrons. The summed E-state index contributed by atoms with van der Waals surface area (Å²) in [7, 11) is 0. The van der Waals surface area contributed by atoms with Crippen LogP contribution in [0.5, 0.6) is 5.75 Å². The van der Waals surface area contributed by atoms with Gasteiger partial charge in [0, 0.05) is 15.8 Å². The topological polar surface area (TPSA) is 92.6 Å². The van der Waals surface area contributed by atoms with E-state index in [1.807, 2.05) is 67.6 Å². The number of Topliss-reactive ketones (excluding diaryl/α,β-unsaturated/α-hetero) is 1. The number of thioether (sulfide) groups is 1. The number of amides is 1. The number of hydrogen-bond donors (Lipinski definition) is 1. The molecular formula is C38H28BrN3O4S2. The number of aromatic nitrogens is 2. The van der Waals surface area contributed by atoms with Gasteiger partial charge in [0.2, 0.25) is 5.13 Å². The van der Waals surface area contributed by atoms with E-state index in [2.05, 4.69) is 56.5 Å². The number of halogens is 1. The van der Waals surface area contributed by atoms with Gasteiger partial charge in [-0.15, -0.1) is 10.2 Å². The van der Waals surface area contributed by atoms with Gasteiger partial charge in [-0.3, -0.25) is 14.5 Å². The van der Waals surface area contributed by atoms with Gasteiger partial charge in [0.15, 0.2) is 4.34 Å². The Bertz CT molecular complexity index is 2190. The lowest BCUT2D eigenvalue weighted by molar-refractivity contribution is -0.132. The number of ketones is 1. The molecule has 10 heteroatoms. The number of fused-ring (bicyclic) bond motifs is 1. The zero-order chi connectivity index (χ0) is 33.2. The minimum absolute atomic E-state index is 0.0216. The third-order valence-electron chi connectivity index (χ3n) is 8.06. The number of carbonyl (C=O) groups excluding carboxylic acids is 2. The molecule has 1 aromatic heterocycles. The van der Waals surface area contributed by atoms with Crippen LogP contribution in [0.4, 0.5) is 5.13 Å². The van der Waals surface area contributed by atoms with Crippen LogP contribution in [0.25, 0.3) is 16.5 Å². The fourth-order valence-electron chi connectivity index (χ4n) is 5.77. The van der Waals surface area contributed by atoms with E-state index in [-0.39, 0.29) is 16.5 Å². The summed E-state index contributed by atoms with van der Waals surface area (Å²) in [5, 5.41) is 22.9. The maximum Gasteiger partial charge on any atom is 0.301 e. The number of anilines is 1. The predicted octanol–water partition coefficient (Wildman–Crippen LogP) is 9.26. The van der Waals surface area contributed by atoms with E-state index < -0.39 is 17.7 Å². The van der Waals surface area contributed by atoms with Crippen molar-refractivity contribution in [2.45, 2.75) is 29.7 Å². The standard InChI is InChI=1S/C38H28BrN3O4S2/c1-23-7-4-8-24(19-23)21-46-30-17-15-26(16-18-30)34(43)32-33(27-11-6-13-29(39)20-27)42(36(45)35(32)44)37-40-41-38(48-37)47-22-28-12-5-10-25-9-2-3-14-31(25)28/h2-20,33,43H,21-22H2,1H3/b34-32+. The largest absolute Gasteiger partial charge is 0.507 e. The molecule has 6 aromatic rings. The maximum atomic E-state index is 13.7. The van der Waals surface area contributed by atoms with Gasteiger partial charge < -0.3 is 9.84 Å². The lowest BCUT2D eigenvalue weighted by atomic mass is 9.95. The average molecular weight is 735 g/mol. The molecule has 1 amide bonds. The van der Waals surface area contributed by atoms with Crippen LogP contribution in [0.1, 0.15) is 33.9 Å². The van der Waals surface area contributed by atoms with E-state index in [1.165, 1.54) is 33.4 Å². The van der Waals surface area contributed by atoms with Crippen molar-refractivity contribution >= 4 is 72.4 Å². The molecule has 1 N–H and O–H groups in total. The molecule has 1 aliphatic heterocycles. The molecule has 5 aromatic carbocycles. The summed E-state index contributed by atoms with van der Waals surface area (Å²) in [5.74, 6) is -0.575. The first-order valence-corrected chi connectivity index (χ1v) is 17.7. The molecular weight excluding hydrogens is 706 g/mol. The Kier molecular flexibility index (Phi) is 9.12. The average Bonchev–Trinajstić information content (AvgIpc) is 3.67. The lowest BCUT2D eigenvalue weighted by Crippen LogP contribution is -2.29. The van der Waals surface area contributed by atoms with Crippen LogP contribution < -0.4 is 9.64 Å². The highest BCUT2D eigenvalue weighted by Gasteiger charge is 2.48. The number of hydrogen-bond acceptors (Lipinski definition) is 8. The minimum Gasteiger partial charge on any atom is -0.507 e. The van der Waals surface area contributed by atoms with E-state index in [0.29, 0.717) is 33.6 Å². The van der Waals surface area contributed by atoms with Gasteiger partial charge in [-0.25, -0.2) is 0 Å².